The second-order valence-corrected chi connectivity index (χ2v) is 10.1. The average molecular weight is 463 g/mol. The van der Waals surface area contributed by atoms with E-state index in [0.29, 0.717) is 35.0 Å². The Kier molecular flexibility index (Phi) is 7.26. The molecule has 1 amide bonds. The number of halogens is 1. The molecule has 8 nitrogen and oxygen atoms in total. The molecule has 1 saturated heterocycles. The van der Waals surface area contributed by atoms with Crippen LogP contribution in [0.5, 0.6) is 0 Å². The van der Waals surface area contributed by atoms with Crippen LogP contribution in [0.25, 0.3) is 0 Å². The van der Waals surface area contributed by atoms with Crippen LogP contribution in [-0.2, 0) is 20.6 Å². The van der Waals surface area contributed by atoms with E-state index in [-0.39, 0.29) is 29.6 Å². The molecule has 0 saturated carbocycles. The smallest absolute Gasteiger partial charge is 0.277 e. The Bertz CT molecular complexity index is 912. The van der Waals surface area contributed by atoms with Crippen LogP contribution >= 0.6 is 35.1 Å². The minimum Gasteiger partial charge on any atom is -0.415 e. The van der Waals surface area contributed by atoms with Crippen molar-refractivity contribution in [2.24, 2.45) is 0 Å². The lowest BCUT2D eigenvalue weighted by Crippen LogP contribution is -2.50. The van der Waals surface area contributed by atoms with Crippen molar-refractivity contribution in [3.8, 4) is 0 Å². The minimum atomic E-state index is -3.59. The van der Waals surface area contributed by atoms with Crippen LogP contribution in [-0.4, -0.2) is 71.9 Å². The average Bonchev–Trinajstić information content (AvgIpc) is 3.14. The first-order chi connectivity index (χ1) is 13.4. The van der Waals surface area contributed by atoms with Gasteiger partial charge in [0.2, 0.25) is 21.8 Å². The summed E-state index contributed by atoms with van der Waals surface area (Å²) in [6.45, 7) is 1.18. The monoisotopic (exact) mass is 462 g/mol. The van der Waals surface area contributed by atoms with Crippen LogP contribution < -0.4 is 0 Å². The fraction of sp³-hybridized carbons (Fsp3) is 0.438. The van der Waals surface area contributed by atoms with Crippen molar-refractivity contribution in [2.45, 2.75) is 15.9 Å². The molecule has 1 fully saturated rings. The summed E-state index contributed by atoms with van der Waals surface area (Å²) < 4.78 is 32.2. The molecule has 12 heteroatoms. The summed E-state index contributed by atoms with van der Waals surface area (Å²) >= 11 is 8.59. The first-order valence-corrected chi connectivity index (χ1v) is 12.6. The fourth-order valence-electron chi connectivity index (χ4n) is 2.63. The van der Waals surface area contributed by atoms with Gasteiger partial charge in [-0.2, -0.15) is 16.1 Å². The number of thioether (sulfide) groups is 2. The number of hydrogen-bond acceptors (Lipinski definition) is 8. The lowest BCUT2D eigenvalue weighted by atomic mass is 10.3. The molecule has 0 N–H and O–H groups in total. The Hall–Kier alpha value is -1.27. The maximum atomic E-state index is 12.7. The Balaban J connectivity index is 1.51. The molecule has 0 unspecified atom stereocenters. The maximum absolute atomic E-state index is 12.7. The molecule has 1 aliphatic rings. The van der Waals surface area contributed by atoms with Crippen molar-refractivity contribution in [1.29, 1.82) is 0 Å². The van der Waals surface area contributed by atoms with Gasteiger partial charge in [-0.3, -0.25) is 4.79 Å². The zero-order chi connectivity index (χ0) is 20.1. The van der Waals surface area contributed by atoms with Crippen LogP contribution in [0.1, 0.15) is 5.89 Å². The topological polar surface area (TPSA) is 96.6 Å². The summed E-state index contributed by atoms with van der Waals surface area (Å²) in [5.74, 6) is 1.25. The molecule has 0 atom stereocenters. The summed E-state index contributed by atoms with van der Waals surface area (Å²) in [4.78, 5) is 14.2. The molecule has 0 bridgehead atoms. The third-order valence-corrected chi connectivity index (χ3v) is 7.58. The van der Waals surface area contributed by atoms with Gasteiger partial charge in [-0.25, -0.2) is 8.42 Å². The highest BCUT2D eigenvalue weighted by Gasteiger charge is 2.30. The summed E-state index contributed by atoms with van der Waals surface area (Å²) in [7, 11) is -3.59. The Labute approximate surface area is 177 Å². The second kappa shape index (κ2) is 9.49. The van der Waals surface area contributed by atoms with Gasteiger partial charge in [-0.15, -0.1) is 10.2 Å². The van der Waals surface area contributed by atoms with Crippen molar-refractivity contribution in [3.63, 3.8) is 0 Å². The molecule has 1 aromatic heterocycles. The van der Waals surface area contributed by atoms with E-state index in [0.717, 1.165) is 0 Å². The van der Waals surface area contributed by atoms with E-state index in [1.54, 1.807) is 28.8 Å². The van der Waals surface area contributed by atoms with Gasteiger partial charge in [-0.1, -0.05) is 23.4 Å². The number of piperazine rings is 1. The van der Waals surface area contributed by atoms with E-state index in [4.69, 9.17) is 16.0 Å². The number of carbonyl (C=O) groups excluding carboxylic acids is 1. The van der Waals surface area contributed by atoms with Crippen LogP contribution in [0.4, 0.5) is 0 Å². The lowest BCUT2D eigenvalue weighted by molar-refractivity contribution is -0.129. The number of hydrogen-bond donors (Lipinski definition) is 0. The third kappa shape index (κ3) is 5.20. The highest BCUT2D eigenvalue weighted by atomic mass is 35.5. The van der Waals surface area contributed by atoms with Gasteiger partial charge in [-0.05, 0) is 30.5 Å². The molecular formula is C16H19ClN4O4S3. The molecule has 152 valence electrons. The van der Waals surface area contributed by atoms with Crippen molar-refractivity contribution in [3.05, 3.63) is 35.2 Å². The van der Waals surface area contributed by atoms with Crippen molar-refractivity contribution < 1.29 is 17.6 Å². The summed E-state index contributed by atoms with van der Waals surface area (Å²) in [6, 6.07) is 6.07. The molecule has 1 aliphatic heterocycles. The van der Waals surface area contributed by atoms with Crippen LogP contribution in [0, 0.1) is 0 Å². The number of sulfonamides is 1. The normalized spacial score (nSPS) is 15.7. The first kappa shape index (κ1) is 21.4. The molecule has 0 radical (unpaired) electrons. The van der Waals surface area contributed by atoms with Gasteiger partial charge in [0.25, 0.3) is 5.22 Å². The predicted molar refractivity (Wildman–Crippen MR) is 109 cm³/mol. The second-order valence-electron chi connectivity index (χ2n) is 5.92. The molecule has 3 rings (SSSR count). The lowest BCUT2D eigenvalue weighted by Gasteiger charge is -2.33. The minimum absolute atomic E-state index is 0.0850. The zero-order valence-electron chi connectivity index (χ0n) is 15.1. The van der Waals surface area contributed by atoms with E-state index in [1.165, 1.54) is 28.2 Å². The maximum Gasteiger partial charge on any atom is 0.277 e. The molecule has 28 heavy (non-hydrogen) atoms. The van der Waals surface area contributed by atoms with E-state index in [2.05, 4.69) is 10.2 Å². The number of amides is 1. The van der Waals surface area contributed by atoms with Gasteiger partial charge < -0.3 is 9.32 Å². The number of rotatable bonds is 7. The third-order valence-electron chi connectivity index (χ3n) is 4.08. The number of benzene rings is 1. The van der Waals surface area contributed by atoms with Gasteiger partial charge in [0, 0.05) is 31.2 Å². The van der Waals surface area contributed by atoms with E-state index < -0.39 is 10.0 Å². The van der Waals surface area contributed by atoms with Gasteiger partial charge in [0.15, 0.2) is 0 Å². The van der Waals surface area contributed by atoms with Crippen molar-refractivity contribution in [1.82, 2.24) is 19.4 Å². The van der Waals surface area contributed by atoms with E-state index in [1.807, 2.05) is 6.26 Å². The fourth-order valence-corrected chi connectivity index (χ4v) is 5.22. The van der Waals surface area contributed by atoms with Crippen molar-refractivity contribution >= 4 is 51.1 Å². The van der Waals surface area contributed by atoms with Crippen LogP contribution in [0.2, 0.25) is 5.02 Å². The van der Waals surface area contributed by atoms with Gasteiger partial charge >= 0.3 is 0 Å². The van der Waals surface area contributed by atoms with Gasteiger partial charge in [0.1, 0.15) is 0 Å². The summed E-state index contributed by atoms with van der Waals surface area (Å²) in [5.41, 5.74) is 0. The first-order valence-electron chi connectivity index (χ1n) is 8.38. The predicted octanol–water partition coefficient (Wildman–Crippen LogP) is 2.21. The Morgan fingerprint density at radius 2 is 1.86 bits per heavy atom. The van der Waals surface area contributed by atoms with Gasteiger partial charge in [0.05, 0.1) is 16.4 Å². The Morgan fingerprint density at radius 1 is 1.18 bits per heavy atom. The summed E-state index contributed by atoms with van der Waals surface area (Å²) in [5, 5.41) is 8.65. The molecule has 2 heterocycles. The molecule has 0 spiro atoms. The standard InChI is InChI=1S/C16H19ClN4O4S3/c1-26-10-14-18-19-16(25-14)27-11-15(22)20-6-8-21(9-7-20)28(23,24)13-4-2-12(17)3-5-13/h2-5H,6-11H2,1H3. The summed E-state index contributed by atoms with van der Waals surface area (Å²) in [6.07, 6.45) is 1.94. The van der Waals surface area contributed by atoms with Crippen molar-refractivity contribution in [2.75, 3.05) is 38.2 Å². The van der Waals surface area contributed by atoms with Crippen LogP contribution in [0.3, 0.4) is 0 Å². The SMILES string of the molecule is CSCc1nnc(SCC(=O)N2CCN(S(=O)(=O)c3ccc(Cl)cc3)CC2)o1. The number of nitrogens with zero attached hydrogens (tertiary/aromatic N) is 4. The molecular weight excluding hydrogens is 444 g/mol. The molecule has 2 aromatic rings. The molecule has 0 aliphatic carbocycles. The Morgan fingerprint density at radius 3 is 2.50 bits per heavy atom. The quantitative estimate of drug-likeness (QED) is 0.578. The van der Waals surface area contributed by atoms with E-state index in [9.17, 15) is 13.2 Å². The highest BCUT2D eigenvalue weighted by Crippen LogP contribution is 2.21. The largest absolute Gasteiger partial charge is 0.415 e. The van der Waals surface area contributed by atoms with Crippen LogP contribution in [0.15, 0.2) is 38.8 Å². The zero-order valence-corrected chi connectivity index (χ0v) is 18.3. The van der Waals surface area contributed by atoms with E-state index >= 15 is 0 Å². The number of carbonyl (C=O) groups is 1. The number of aromatic nitrogens is 2. The molecule has 1 aromatic carbocycles. The highest BCUT2D eigenvalue weighted by molar-refractivity contribution is 7.99.